The molecule has 198 valence electrons. The van der Waals surface area contributed by atoms with Gasteiger partial charge in [0.1, 0.15) is 23.8 Å². The molecule has 0 radical (unpaired) electrons. The highest BCUT2D eigenvalue weighted by Crippen LogP contribution is 2.21. The Hall–Kier alpha value is -3.31. The lowest BCUT2D eigenvalue weighted by atomic mass is 10.1. The third-order valence-electron chi connectivity index (χ3n) is 6.18. The van der Waals surface area contributed by atoms with Crippen molar-refractivity contribution in [1.82, 2.24) is 4.48 Å². The molecule has 0 saturated carbocycles. The Balaban J connectivity index is 1.18. The molecule has 0 N–H and O–H groups in total. The smallest absolute Gasteiger partial charge is 0.310 e. The van der Waals surface area contributed by atoms with Crippen LogP contribution >= 0.6 is 0 Å². The van der Waals surface area contributed by atoms with Gasteiger partial charge in [-0.1, -0.05) is 74.2 Å². The van der Waals surface area contributed by atoms with Crippen LogP contribution in [0.5, 0.6) is 11.5 Å². The van der Waals surface area contributed by atoms with E-state index < -0.39 is 0 Å². The number of carbonyl (C=O) groups excluding carboxylic acids is 1. The van der Waals surface area contributed by atoms with Crippen molar-refractivity contribution in [3.05, 3.63) is 90.0 Å². The molecule has 0 aromatic heterocycles. The van der Waals surface area contributed by atoms with E-state index in [2.05, 4.69) is 45.4 Å². The number of rotatable bonds is 16. The molecule has 3 aromatic carbocycles. The lowest BCUT2D eigenvalue weighted by Crippen LogP contribution is -2.34. The van der Waals surface area contributed by atoms with Gasteiger partial charge in [-0.3, -0.25) is 9.28 Å². The van der Waals surface area contributed by atoms with E-state index in [4.69, 9.17) is 14.2 Å². The van der Waals surface area contributed by atoms with Gasteiger partial charge in [-0.15, -0.1) is 0 Å². The Labute approximate surface area is 222 Å². The second kappa shape index (κ2) is 15.1. The monoisotopic (exact) mass is 504 g/mol. The molecule has 0 unspecified atom stereocenters. The van der Waals surface area contributed by atoms with Crippen molar-refractivity contribution in [2.75, 3.05) is 34.4 Å². The van der Waals surface area contributed by atoms with Crippen LogP contribution in [0.2, 0.25) is 0 Å². The SMILES string of the molecule is C[N+](C)(C)c1ccc(CC(=O)OCCCCCCCCOc2cccc(OCc3ccccc3)c2)cc1. The Morgan fingerprint density at radius 1 is 0.649 bits per heavy atom. The van der Waals surface area contributed by atoms with Gasteiger partial charge in [0.05, 0.1) is 40.8 Å². The first kappa shape index (κ1) is 28.3. The second-order valence-corrected chi connectivity index (χ2v) is 10.3. The van der Waals surface area contributed by atoms with Crippen molar-refractivity contribution in [2.45, 2.75) is 51.6 Å². The van der Waals surface area contributed by atoms with Crippen molar-refractivity contribution in [3.63, 3.8) is 0 Å². The lowest BCUT2D eigenvalue weighted by molar-refractivity contribution is -0.142. The summed E-state index contributed by atoms with van der Waals surface area (Å²) < 4.78 is 18.0. The molecule has 0 aliphatic heterocycles. The van der Waals surface area contributed by atoms with E-state index in [9.17, 15) is 4.79 Å². The number of unbranched alkanes of at least 4 members (excludes halogenated alkanes) is 5. The van der Waals surface area contributed by atoms with Gasteiger partial charge >= 0.3 is 5.97 Å². The molecule has 5 heteroatoms. The molecule has 5 nitrogen and oxygen atoms in total. The second-order valence-electron chi connectivity index (χ2n) is 10.3. The highest BCUT2D eigenvalue weighted by molar-refractivity contribution is 5.72. The molecule has 0 aliphatic rings. The highest BCUT2D eigenvalue weighted by atomic mass is 16.5. The minimum Gasteiger partial charge on any atom is -0.493 e. The number of quaternary nitrogens is 1. The fraction of sp³-hybridized carbons (Fsp3) is 0.406. The molecule has 0 atom stereocenters. The van der Waals surface area contributed by atoms with Crippen LogP contribution in [0.25, 0.3) is 0 Å². The minimum absolute atomic E-state index is 0.148. The zero-order valence-corrected chi connectivity index (χ0v) is 22.7. The number of hydrogen-bond acceptors (Lipinski definition) is 4. The van der Waals surface area contributed by atoms with Crippen molar-refractivity contribution in [2.24, 2.45) is 0 Å². The molecule has 3 aromatic rings. The van der Waals surface area contributed by atoms with E-state index in [1.165, 1.54) is 5.69 Å². The lowest BCUT2D eigenvalue weighted by Gasteiger charge is -2.23. The van der Waals surface area contributed by atoms with Crippen molar-refractivity contribution in [1.29, 1.82) is 0 Å². The molecule has 0 heterocycles. The van der Waals surface area contributed by atoms with Gasteiger partial charge in [-0.05, 0) is 48.2 Å². The number of carbonyl (C=O) groups is 1. The number of esters is 1. The van der Waals surface area contributed by atoms with Crippen LogP contribution in [0.1, 0.15) is 49.7 Å². The summed E-state index contributed by atoms with van der Waals surface area (Å²) in [4.78, 5) is 12.1. The zero-order valence-electron chi connectivity index (χ0n) is 22.7. The van der Waals surface area contributed by atoms with Gasteiger partial charge in [0, 0.05) is 6.07 Å². The average Bonchev–Trinajstić information content (AvgIpc) is 2.89. The van der Waals surface area contributed by atoms with Crippen LogP contribution in [-0.4, -0.2) is 40.3 Å². The molecule has 0 saturated heterocycles. The van der Waals surface area contributed by atoms with Crippen LogP contribution in [0.15, 0.2) is 78.9 Å². The van der Waals surface area contributed by atoms with Crippen LogP contribution in [0.3, 0.4) is 0 Å². The summed E-state index contributed by atoms with van der Waals surface area (Å²) in [6, 6.07) is 26.2. The summed E-state index contributed by atoms with van der Waals surface area (Å²) in [5.74, 6) is 1.51. The first-order valence-corrected chi connectivity index (χ1v) is 13.4. The molecular weight excluding hydrogens is 462 g/mol. The number of ether oxygens (including phenoxy) is 3. The van der Waals surface area contributed by atoms with Crippen LogP contribution in [0.4, 0.5) is 5.69 Å². The predicted octanol–water partition coefficient (Wildman–Crippen LogP) is 6.97. The summed E-state index contributed by atoms with van der Waals surface area (Å²) in [6.07, 6.45) is 6.79. The molecule has 3 rings (SSSR count). The molecule has 0 aliphatic carbocycles. The summed E-state index contributed by atoms with van der Waals surface area (Å²) in [5, 5.41) is 0. The topological polar surface area (TPSA) is 44.8 Å². The molecule has 0 bridgehead atoms. The van der Waals surface area contributed by atoms with E-state index in [0.29, 0.717) is 26.2 Å². The van der Waals surface area contributed by atoms with E-state index >= 15 is 0 Å². The third kappa shape index (κ3) is 11.1. The average molecular weight is 505 g/mol. The van der Waals surface area contributed by atoms with Gasteiger partial charge < -0.3 is 14.2 Å². The predicted molar refractivity (Wildman–Crippen MR) is 151 cm³/mol. The molecule has 0 amide bonds. The van der Waals surface area contributed by atoms with Gasteiger partial charge in [-0.25, -0.2) is 0 Å². The van der Waals surface area contributed by atoms with Crippen molar-refractivity contribution >= 4 is 11.7 Å². The van der Waals surface area contributed by atoms with Crippen LogP contribution < -0.4 is 14.0 Å². The standard InChI is InChI=1S/C32H42NO4/c1-33(2,3)29-20-18-27(19-21-29)24-32(34)36-23-12-7-5-4-6-11-22-35-30-16-13-17-31(25-30)37-26-28-14-9-8-10-15-28/h8-10,13-21,25H,4-7,11-12,22-24,26H2,1-3H3/q+1. The fourth-order valence-electron chi connectivity index (χ4n) is 3.96. The molecular formula is C32H42NO4+. The molecule has 37 heavy (non-hydrogen) atoms. The molecule has 0 spiro atoms. The quantitative estimate of drug-likeness (QED) is 0.120. The van der Waals surface area contributed by atoms with E-state index in [1.807, 2.05) is 54.6 Å². The third-order valence-corrected chi connectivity index (χ3v) is 6.18. The Morgan fingerprint density at radius 3 is 1.95 bits per heavy atom. The molecule has 0 fully saturated rings. The van der Waals surface area contributed by atoms with E-state index in [0.717, 1.165) is 65.6 Å². The maximum absolute atomic E-state index is 12.1. The van der Waals surface area contributed by atoms with Crippen LogP contribution in [-0.2, 0) is 22.6 Å². The van der Waals surface area contributed by atoms with Gasteiger partial charge in [0.25, 0.3) is 0 Å². The van der Waals surface area contributed by atoms with Gasteiger partial charge in [0.15, 0.2) is 0 Å². The van der Waals surface area contributed by atoms with Gasteiger partial charge in [0.2, 0.25) is 0 Å². The largest absolute Gasteiger partial charge is 0.493 e. The van der Waals surface area contributed by atoms with E-state index in [1.54, 1.807) is 0 Å². The first-order valence-electron chi connectivity index (χ1n) is 13.4. The van der Waals surface area contributed by atoms with Crippen molar-refractivity contribution in [3.8, 4) is 11.5 Å². The number of benzene rings is 3. The Morgan fingerprint density at radius 2 is 1.27 bits per heavy atom. The highest BCUT2D eigenvalue weighted by Gasteiger charge is 2.12. The zero-order chi connectivity index (χ0) is 26.3. The Bertz CT molecular complexity index is 1060. The van der Waals surface area contributed by atoms with Gasteiger partial charge in [-0.2, -0.15) is 0 Å². The normalized spacial score (nSPS) is 11.2. The van der Waals surface area contributed by atoms with Crippen LogP contribution in [0, 0.1) is 0 Å². The number of nitrogens with zero attached hydrogens (tertiary/aromatic N) is 1. The summed E-state index contributed by atoms with van der Waals surface area (Å²) in [6.45, 7) is 1.76. The fourth-order valence-corrected chi connectivity index (χ4v) is 3.96. The summed E-state index contributed by atoms with van der Waals surface area (Å²) in [7, 11) is 6.38. The summed E-state index contributed by atoms with van der Waals surface area (Å²) in [5.41, 5.74) is 3.35. The first-order chi connectivity index (χ1) is 17.9. The number of hydrogen-bond donors (Lipinski definition) is 0. The summed E-state index contributed by atoms with van der Waals surface area (Å²) >= 11 is 0. The Kier molecular flexibility index (Phi) is 11.5. The minimum atomic E-state index is -0.148. The van der Waals surface area contributed by atoms with Crippen molar-refractivity contribution < 1.29 is 19.0 Å². The maximum Gasteiger partial charge on any atom is 0.310 e. The maximum atomic E-state index is 12.1. The van der Waals surface area contributed by atoms with E-state index in [-0.39, 0.29) is 5.97 Å².